The summed E-state index contributed by atoms with van der Waals surface area (Å²) in [6.07, 6.45) is 2.55. The maximum absolute atomic E-state index is 13.8. The summed E-state index contributed by atoms with van der Waals surface area (Å²) in [5.41, 5.74) is 4.21. The summed E-state index contributed by atoms with van der Waals surface area (Å²) < 4.78 is 27.7. The average Bonchev–Trinajstić information content (AvgIpc) is 3.58. The number of aryl methyl sites for hydroxylation is 2. The molecule has 1 aliphatic heterocycles. The molecular weight excluding hydrogens is 481 g/mol. The van der Waals surface area contributed by atoms with Crippen LogP contribution in [0.4, 0.5) is 4.39 Å². The second-order valence-electron chi connectivity index (χ2n) is 9.57. The van der Waals surface area contributed by atoms with E-state index in [0.29, 0.717) is 43.3 Å². The van der Waals surface area contributed by atoms with Crippen molar-refractivity contribution in [3.05, 3.63) is 107 Å². The van der Waals surface area contributed by atoms with Crippen LogP contribution in [-0.4, -0.2) is 39.8 Å². The second kappa shape index (κ2) is 11.6. The highest BCUT2D eigenvalue weighted by Gasteiger charge is 2.28. The zero-order valence-electron chi connectivity index (χ0n) is 21.8. The van der Waals surface area contributed by atoms with E-state index < -0.39 is 0 Å². The van der Waals surface area contributed by atoms with Crippen molar-refractivity contribution in [2.45, 2.75) is 45.8 Å². The van der Waals surface area contributed by atoms with Gasteiger partial charge in [0.1, 0.15) is 11.6 Å². The number of halogens is 1. The minimum Gasteiger partial charge on any atom is -0.439 e. The summed E-state index contributed by atoms with van der Waals surface area (Å²) in [7, 11) is 0. The molecule has 7 heteroatoms. The Morgan fingerprint density at radius 3 is 2.47 bits per heavy atom. The smallest absolute Gasteiger partial charge is 0.254 e. The highest BCUT2D eigenvalue weighted by atomic mass is 19.1. The van der Waals surface area contributed by atoms with Crippen LogP contribution in [0, 0.1) is 12.7 Å². The van der Waals surface area contributed by atoms with Gasteiger partial charge in [0.15, 0.2) is 0 Å². The van der Waals surface area contributed by atoms with Crippen LogP contribution in [0.1, 0.15) is 46.9 Å². The summed E-state index contributed by atoms with van der Waals surface area (Å²) in [5.74, 6) is 0.592. The number of nitrogens with zero attached hydrogens (tertiary/aromatic N) is 3. The number of carbonyl (C=O) groups excluding carboxylic acids is 1. The number of carbonyl (C=O) groups is 1. The number of amides is 1. The lowest BCUT2D eigenvalue weighted by Crippen LogP contribution is -2.37. The Hall–Kier alpha value is -3.97. The number of rotatable bonds is 9. The number of aromatic nitrogens is 2. The first kappa shape index (κ1) is 25.7. The first-order valence-electron chi connectivity index (χ1n) is 13.1. The largest absolute Gasteiger partial charge is 0.439 e. The van der Waals surface area contributed by atoms with Gasteiger partial charge in [-0.2, -0.15) is 5.10 Å². The molecule has 196 valence electrons. The predicted octanol–water partition coefficient (Wildman–Crippen LogP) is 6.50. The van der Waals surface area contributed by atoms with Crippen LogP contribution in [-0.2, 0) is 17.7 Å². The maximum Gasteiger partial charge on any atom is 0.254 e. The summed E-state index contributed by atoms with van der Waals surface area (Å²) in [6.45, 7) is 5.53. The van der Waals surface area contributed by atoms with Crippen LogP contribution < -0.4 is 4.74 Å². The van der Waals surface area contributed by atoms with Gasteiger partial charge in [0.2, 0.25) is 5.88 Å². The summed E-state index contributed by atoms with van der Waals surface area (Å²) in [4.78, 5) is 15.6. The van der Waals surface area contributed by atoms with E-state index in [1.807, 2.05) is 73.3 Å². The first-order chi connectivity index (χ1) is 18.5. The van der Waals surface area contributed by atoms with E-state index >= 15 is 0 Å². The Kier molecular flexibility index (Phi) is 7.84. The molecule has 1 saturated heterocycles. The maximum atomic E-state index is 13.8. The second-order valence-corrected chi connectivity index (χ2v) is 9.57. The van der Waals surface area contributed by atoms with E-state index in [1.165, 1.54) is 12.1 Å². The topological polar surface area (TPSA) is 56.6 Å². The van der Waals surface area contributed by atoms with Crippen molar-refractivity contribution >= 4 is 5.91 Å². The van der Waals surface area contributed by atoms with Gasteiger partial charge in [0.05, 0.1) is 29.6 Å². The lowest BCUT2D eigenvalue weighted by Gasteiger charge is -2.26. The van der Waals surface area contributed by atoms with Crippen molar-refractivity contribution in [1.82, 2.24) is 14.7 Å². The van der Waals surface area contributed by atoms with E-state index in [-0.39, 0.29) is 17.8 Å². The quantitative estimate of drug-likeness (QED) is 0.257. The highest BCUT2D eigenvalue weighted by molar-refractivity contribution is 5.94. The molecule has 4 aromatic rings. The van der Waals surface area contributed by atoms with Gasteiger partial charge in [-0.05, 0) is 74.7 Å². The molecule has 0 bridgehead atoms. The predicted molar refractivity (Wildman–Crippen MR) is 144 cm³/mol. The monoisotopic (exact) mass is 513 g/mol. The van der Waals surface area contributed by atoms with Crippen LogP contribution in [0.5, 0.6) is 11.6 Å². The summed E-state index contributed by atoms with van der Waals surface area (Å²) in [6, 6.07) is 23.3. The number of ether oxygens (including phenoxy) is 2. The zero-order valence-corrected chi connectivity index (χ0v) is 21.8. The van der Waals surface area contributed by atoms with E-state index in [0.717, 1.165) is 35.3 Å². The molecule has 1 amide bonds. The van der Waals surface area contributed by atoms with Crippen LogP contribution in [0.15, 0.2) is 78.9 Å². The van der Waals surface area contributed by atoms with Crippen molar-refractivity contribution in [3.63, 3.8) is 0 Å². The third-order valence-corrected chi connectivity index (χ3v) is 6.77. The van der Waals surface area contributed by atoms with Crippen molar-refractivity contribution in [3.8, 4) is 17.3 Å². The Labute approximate surface area is 222 Å². The van der Waals surface area contributed by atoms with Crippen molar-refractivity contribution < 1.29 is 18.7 Å². The number of para-hydroxylation sites is 1. The Morgan fingerprint density at radius 2 is 1.82 bits per heavy atom. The fourth-order valence-electron chi connectivity index (χ4n) is 4.71. The molecule has 1 atom stereocenters. The third kappa shape index (κ3) is 5.78. The number of hydrogen-bond acceptors (Lipinski definition) is 4. The van der Waals surface area contributed by atoms with Crippen molar-refractivity contribution in [2.75, 3.05) is 13.2 Å². The summed E-state index contributed by atoms with van der Waals surface area (Å²) >= 11 is 0. The van der Waals surface area contributed by atoms with E-state index in [1.54, 1.807) is 16.8 Å². The molecule has 1 aliphatic rings. The molecule has 1 aromatic heterocycles. The molecule has 0 unspecified atom stereocenters. The van der Waals surface area contributed by atoms with E-state index in [9.17, 15) is 9.18 Å². The molecule has 5 rings (SSSR count). The fraction of sp³-hybridized carbons (Fsp3) is 0.290. The standard InChI is InChI=1S/C31H32FN3O3/c1-3-29-28(21-34(20-27-10-7-19-37-27)30(36)23-13-11-22(2)12-14-23)31(38-26-17-15-24(32)16-18-26)35(33-29)25-8-5-4-6-9-25/h4-6,8-9,11-18,27H,3,7,10,19-21H2,1-2H3/t27-/m1/s1. The van der Waals surface area contributed by atoms with Gasteiger partial charge in [-0.15, -0.1) is 0 Å². The van der Waals surface area contributed by atoms with E-state index in [2.05, 4.69) is 0 Å². The number of hydrogen-bond donors (Lipinski definition) is 0. The van der Waals surface area contributed by atoms with Gasteiger partial charge < -0.3 is 14.4 Å². The van der Waals surface area contributed by atoms with Crippen LogP contribution in [0.2, 0.25) is 0 Å². The Balaban J connectivity index is 1.56. The lowest BCUT2D eigenvalue weighted by atomic mass is 10.1. The van der Waals surface area contributed by atoms with Crippen molar-refractivity contribution in [2.24, 2.45) is 0 Å². The molecule has 0 N–H and O–H groups in total. The number of benzene rings is 3. The minimum absolute atomic E-state index is 0.0138. The van der Waals surface area contributed by atoms with Crippen molar-refractivity contribution in [1.29, 1.82) is 0 Å². The molecule has 1 fully saturated rings. The van der Waals surface area contributed by atoms with Gasteiger partial charge in [-0.25, -0.2) is 9.07 Å². The minimum atomic E-state index is -0.338. The molecule has 6 nitrogen and oxygen atoms in total. The average molecular weight is 514 g/mol. The van der Waals surface area contributed by atoms with E-state index in [4.69, 9.17) is 14.6 Å². The molecule has 3 aromatic carbocycles. The van der Waals surface area contributed by atoms with Crippen LogP contribution in [0.25, 0.3) is 5.69 Å². The van der Waals surface area contributed by atoms with Gasteiger partial charge in [0.25, 0.3) is 5.91 Å². The SMILES string of the molecule is CCc1nn(-c2ccccc2)c(Oc2ccc(F)cc2)c1CN(C[C@H]1CCCO1)C(=O)c1ccc(C)cc1. The van der Waals surface area contributed by atoms with Gasteiger partial charge in [0, 0.05) is 18.7 Å². The molecule has 38 heavy (non-hydrogen) atoms. The third-order valence-electron chi connectivity index (χ3n) is 6.77. The zero-order chi connectivity index (χ0) is 26.5. The fourth-order valence-corrected chi connectivity index (χ4v) is 4.71. The molecular formula is C31H32FN3O3. The molecule has 0 radical (unpaired) electrons. The first-order valence-corrected chi connectivity index (χ1v) is 13.1. The Bertz CT molecular complexity index is 1360. The lowest BCUT2D eigenvalue weighted by molar-refractivity contribution is 0.0505. The normalized spacial score (nSPS) is 15.0. The van der Waals surface area contributed by atoms with Gasteiger partial charge in [-0.3, -0.25) is 4.79 Å². The van der Waals surface area contributed by atoms with Gasteiger partial charge >= 0.3 is 0 Å². The van der Waals surface area contributed by atoms with Crippen LogP contribution in [0.3, 0.4) is 0 Å². The Morgan fingerprint density at radius 1 is 1.08 bits per heavy atom. The summed E-state index contributed by atoms with van der Waals surface area (Å²) in [5, 5.41) is 4.89. The molecule has 0 spiro atoms. The molecule has 0 aliphatic carbocycles. The molecule has 2 heterocycles. The van der Waals surface area contributed by atoms with Crippen LogP contribution >= 0.6 is 0 Å². The molecule has 0 saturated carbocycles. The van der Waals surface area contributed by atoms with Gasteiger partial charge in [-0.1, -0.05) is 42.8 Å². The highest BCUT2D eigenvalue weighted by Crippen LogP contribution is 2.33.